The SMILES string of the molecule is COc1cc(N=Nc2cc3c4c(c2OCCNC(=O)CI)CCCN4CCC3)c(OC)cc1N=Nc1ccc([N+](=O)[O-])cc1. The molecule has 2 aliphatic heterocycles. The lowest BCUT2D eigenvalue weighted by Gasteiger charge is -2.37. The van der Waals surface area contributed by atoms with Crippen LogP contribution in [0.5, 0.6) is 17.2 Å². The molecule has 0 unspecified atom stereocenters. The van der Waals surface area contributed by atoms with Gasteiger partial charge in [0.1, 0.15) is 35.2 Å². The molecule has 2 aliphatic rings. The predicted molar refractivity (Wildman–Crippen MR) is 174 cm³/mol. The number of non-ortho nitro benzene ring substituents is 1. The van der Waals surface area contributed by atoms with Crippen molar-refractivity contribution in [3.8, 4) is 17.2 Å². The summed E-state index contributed by atoms with van der Waals surface area (Å²) in [4.78, 5) is 24.6. The van der Waals surface area contributed by atoms with Gasteiger partial charge in [-0.05, 0) is 49.4 Å². The smallest absolute Gasteiger partial charge is 0.269 e. The van der Waals surface area contributed by atoms with Crippen LogP contribution in [0, 0.1) is 10.1 Å². The zero-order valence-corrected chi connectivity index (χ0v) is 26.6. The highest BCUT2D eigenvalue weighted by molar-refractivity contribution is 14.1. The molecule has 14 heteroatoms. The number of rotatable bonds is 12. The number of anilines is 1. The fourth-order valence-corrected chi connectivity index (χ4v) is 5.59. The van der Waals surface area contributed by atoms with E-state index >= 15 is 0 Å². The Morgan fingerprint density at radius 2 is 1.59 bits per heavy atom. The molecule has 1 N–H and O–H groups in total. The van der Waals surface area contributed by atoms with E-state index < -0.39 is 4.92 Å². The van der Waals surface area contributed by atoms with Gasteiger partial charge >= 0.3 is 0 Å². The molecule has 2 heterocycles. The standard InChI is InChI=1S/C30H32IN7O6/c1-42-26-17-24(27(43-2)16-23(26)34-33-20-7-9-21(10-8-20)38(40)41)35-36-25-15-19-5-3-12-37-13-4-6-22(29(19)37)30(25)44-14-11-32-28(39)18-31/h7-10,15-17H,3-6,11-14,18H2,1-2H3,(H,32,39). The number of amides is 1. The van der Waals surface area contributed by atoms with Crippen molar-refractivity contribution in [2.45, 2.75) is 25.7 Å². The van der Waals surface area contributed by atoms with Crippen molar-refractivity contribution in [2.24, 2.45) is 20.5 Å². The number of azo groups is 2. The van der Waals surface area contributed by atoms with Gasteiger partial charge < -0.3 is 24.4 Å². The molecule has 3 aromatic rings. The molecule has 0 fully saturated rings. The van der Waals surface area contributed by atoms with Crippen LogP contribution in [-0.4, -0.2) is 55.7 Å². The van der Waals surface area contributed by atoms with Crippen molar-refractivity contribution in [1.82, 2.24) is 5.32 Å². The minimum atomic E-state index is -0.474. The lowest BCUT2D eigenvalue weighted by Crippen LogP contribution is -2.35. The molecule has 0 saturated carbocycles. The highest BCUT2D eigenvalue weighted by Crippen LogP contribution is 2.47. The number of methoxy groups -OCH3 is 2. The molecule has 1 amide bonds. The largest absolute Gasteiger partial charge is 0.494 e. The Kier molecular flexibility index (Phi) is 10.2. The highest BCUT2D eigenvalue weighted by atomic mass is 127. The monoisotopic (exact) mass is 713 g/mol. The number of ether oxygens (including phenoxy) is 3. The number of alkyl halides is 1. The lowest BCUT2D eigenvalue weighted by molar-refractivity contribution is -0.384. The van der Waals surface area contributed by atoms with Crippen LogP contribution in [0.4, 0.5) is 34.1 Å². The molecule has 0 bridgehead atoms. The summed E-state index contributed by atoms with van der Waals surface area (Å²) in [6.45, 7) is 2.75. The van der Waals surface area contributed by atoms with Gasteiger partial charge in [0, 0.05) is 48.6 Å². The number of hydrogen-bond acceptors (Lipinski definition) is 11. The van der Waals surface area contributed by atoms with E-state index in [2.05, 4.69) is 36.7 Å². The molecule has 3 aromatic carbocycles. The van der Waals surface area contributed by atoms with E-state index in [9.17, 15) is 14.9 Å². The van der Waals surface area contributed by atoms with E-state index in [-0.39, 0.29) is 11.6 Å². The first-order chi connectivity index (χ1) is 21.4. The van der Waals surface area contributed by atoms with E-state index in [0.717, 1.165) is 44.3 Å². The van der Waals surface area contributed by atoms with Crippen LogP contribution >= 0.6 is 22.6 Å². The number of nitrogens with zero attached hydrogens (tertiary/aromatic N) is 6. The Morgan fingerprint density at radius 3 is 2.23 bits per heavy atom. The van der Waals surface area contributed by atoms with E-state index in [1.807, 2.05) is 22.6 Å². The number of hydrogen-bond donors (Lipinski definition) is 1. The summed E-state index contributed by atoms with van der Waals surface area (Å²) in [7, 11) is 3.03. The predicted octanol–water partition coefficient (Wildman–Crippen LogP) is 7.07. The Balaban J connectivity index is 1.46. The maximum atomic E-state index is 11.7. The van der Waals surface area contributed by atoms with Crippen LogP contribution in [0.3, 0.4) is 0 Å². The van der Waals surface area contributed by atoms with E-state index in [1.54, 1.807) is 12.1 Å². The van der Waals surface area contributed by atoms with Gasteiger partial charge in [-0.15, -0.1) is 15.3 Å². The average Bonchev–Trinajstić information content (AvgIpc) is 3.05. The first-order valence-corrected chi connectivity index (χ1v) is 15.7. The molecule has 0 saturated heterocycles. The highest BCUT2D eigenvalue weighted by Gasteiger charge is 2.29. The molecule has 13 nitrogen and oxygen atoms in total. The third-order valence-corrected chi connectivity index (χ3v) is 8.02. The molecule has 0 aromatic heterocycles. The number of aryl methyl sites for hydroxylation is 1. The van der Waals surface area contributed by atoms with E-state index in [1.165, 1.54) is 49.7 Å². The maximum absolute atomic E-state index is 11.7. The summed E-state index contributed by atoms with van der Waals surface area (Å²) >= 11 is 2.03. The van der Waals surface area contributed by atoms with Crippen LogP contribution < -0.4 is 24.4 Å². The zero-order valence-electron chi connectivity index (χ0n) is 24.4. The average molecular weight is 714 g/mol. The first kappa shape index (κ1) is 31.1. The third kappa shape index (κ3) is 7.06. The molecule has 44 heavy (non-hydrogen) atoms. The summed E-state index contributed by atoms with van der Waals surface area (Å²) in [5.41, 5.74) is 5.45. The van der Waals surface area contributed by atoms with Crippen LogP contribution in [0.2, 0.25) is 0 Å². The topological polar surface area (TPSA) is 153 Å². The Bertz CT molecular complexity index is 1590. The number of carbonyl (C=O) groups excluding carboxylic acids is 1. The van der Waals surface area contributed by atoms with Crippen LogP contribution in [0.25, 0.3) is 0 Å². The number of benzene rings is 3. The van der Waals surface area contributed by atoms with Gasteiger partial charge in [-0.25, -0.2) is 0 Å². The molecule has 0 atom stereocenters. The van der Waals surface area contributed by atoms with Gasteiger partial charge in [0.2, 0.25) is 5.91 Å². The van der Waals surface area contributed by atoms with Crippen LogP contribution in [0.1, 0.15) is 24.0 Å². The number of nitro benzene ring substituents is 1. The Hall–Kier alpha value is -4.34. The number of nitro groups is 1. The minimum absolute atomic E-state index is 0.0324. The van der Waals surface area contributed by atoms with Crippen molar-refractivity contribution in [3.05, 3.63) is 63.7 Å². The molecule has 5 rings (SSSR count). The van der Waals surface area contributed by atoms with Gasteiger partial charge in [0.25, 0.3) is 5.69 Å². The fraction of sp³-hybridized carbons (Fsp3) is 0.367. The normalized spacial score (nSPS) is 14.0. The molecule has 0 spiro atoms. The summed E-state index contributed by atoms with van der Waals surface area (Å²) in [6, 6.07) is 11.1. The van der Waals surface area contributed by atoms with Gasteiger partial charge in [-0.3, -0.25) is 14.9 Å². The van der Waals surface area contributed by atoms with Crippen molar-refractivity contribution in [3.63, 3.8) is 0 Å². The van der Waals surface area contributed by atoms with Gasteiger partial charge in [-0.2, -0.15) is 5.11 Å². The summed E-state index contributed by atoms with van der Waals surface area (Å²) in [5.74, 6) is 1.44. The Labute approximate surface area is 268 Å². The molecule has 0 aliphatic carbocycles. The molecule has 0 radical (unpaired) electrons. The first-order valence-electron chi connectivity index (χ1n) is 14.1. The van der Waals surface area contributed by atoms with Gasteiger partial charge in [0.05, 0.1) is 35.8 Å². The number of nitrogens with one attached hydrogen (secondary N) is 1. The third-order valence-electron chi connectivity index (χ3n) is 7.32. The van der Waals surface area contributed by atoms with E-state index in [4.69, 9.17) is 14.2 Å². The Morgan fingerprint density at radius 1 is 0.955 bits per heavy atom. The molecular formula is C30H32IN7O6. The second-order valence-corrected chi connectivity index (χ2v) is 10.9. The summed E-state index contributed by atoms with van der Waals surface area (Å²) in [6.07, 6.45) is 3.94. The fourth-order valence-electron chi connectivity index (χ4n) is 5.32. The molecule has 230 valence electrons. The van der Waals surface area contributed by atoms with E-state index in [0.29, 0.717) is 57.6 Å². The maximum Gasteiger partial charge on any atom is 0.269 e. The van der Waals surface area contributed by atoms with Crippen molar-refractivity contribution < 1.29 is 23.9 Å². The number of halogens is 1. The second-order valence-electron chi connectivity index (χ2n) is 10.1. The van der Waals surface area contributed by atoms with Gasteiger partial charge in [0.15, 0.2) is 5.75 Å². The van der Waals surface area contributed by atoms with Crippen LogP contribution in [-0.2, 0) is 17.6 Å². The van der Waals surface area contributed by atoms with Gasteiger partial charge in [-0.1, -0.05) is 22.6 Å². The van der Waals surface area contributed by atoms with Crippen molar-refractivity contribution >= 4 is 62.6 Å². The second kappa shape index (κ2) is 14.4. The number of carbonyl (C=O) groups is 1. The quantitative estimate of drug-likeness (QED) is 0.0526. The van der Waals surface area contributed by atoms with Crippen LogP contribution in [0.15, 0.2) is 62.9 Å². The molecular weight excluding hydrogens is 681 g/mol. The zero-order chi connectivity index (χ0) is 31.1. The minimum Gasteiger partial charge on any atom is -0.494 e. The van der Waals surface area contributed by atoms with Crippen molar-refractivity contribution in [2.75, 3.05) is 49.8 Å². The lowest BCUT2D eigenvalue weighted by atomic mass is 9.90. The summed E-state index contributed by atoms with van der Waals surface area (Å²) < 4.78 is 17.8. The van der Waals surface area contributed by atoms with Crippen molar-refractivity contribution in [1.29, 1.82) is 0 Å². The summed E-state index contributed by atoms with van der Waals surface area (Å²) in [5, 5.41) is 31.4.